The molecule has 0 aliphatic carbocycles. The van der Waals surface area contributed by atoms with Crippen molar-refractivity contribution in [1.82, 2.24) is 9.80 Å². The van der Waals surface area contributed by atoms with Gasteiger partial charge in [-0.3, -0.25) is 4.90 Å². The molecule has 0 spiro atoms. The van der Waals surface area contributed by atoms with Crippen molar-refractivity contribution in [2.45, 2.75) is 17.9 Å². The Bertz CT molecular complexity index is 589. The quantitative estimate of drug-likeness (QED) is 0.885. The predicted octanol–water partition coefficient (Wildman–Crippen LogP) is 2.82. The predicted molar refractivity (Wildman–Crippen MR) is 99.3 cm³/mol. The van der Waals surface area contributed by atoms with Crippen LogP contribution in [0.1, 0.15) is 23.5 Å². The molecule has 1 aliphatic rings. The standard InChI is InChI=1S/C21H28N2O/c1-22(2)16-21(24)13-14-23(17-21)15-20(18-9-5-3-6-10-18)19-11-7-4-8-12-19/h3-12,20,24H,13-17H2,1-2H3/t21-/m1/s1. The molecular weight excluding hydrogens is 296 g/mol. The van der Waals surface area contributed by atoms with E-state index in [9.17, 15) is 5.11 Å². The molecule has 1 heterocycles. The van der Waals surface area contributed by atoms with Gasteiger partial charge in [-0.1, -0.05) is 60.7 Å². The molecule has 1 atom stereocenters. The minimum Gasteiger partial charge on any atom is -0.387 e. The van der Waals surface area contributed by atoms with E-state index in [1.807, 2.05) is 14.1 Å². The molecular formula is C21H28N2O. The van der Waals surface area contributed by atoms with Gasteiger partial charge in [0.2, 0.25) is 0 Å². The van der Waals surface area contributed by atoms with E-state index in [0.29, 0.717) is 5.92 Å². The van der Waals surface area contributed by atoms with Crippen LogP contribution in [0.5, 0.6) is 0 Å². The first-order valence-corrected chi connectivity index (χ1v) is 8.75. The Morgan fingerprint density at radius 2 is 1.54 bits per heavy atom. The lowest BCUT2D eigenvalue weighted by Gasteiger charge is -2.28. The highest BCUT2D eigenvalue weighted by Gasteiger charge is 2.37. The summed E-state index contributed by atoms with van der Waals surface area (Å²) >= 11 is 0. The van der Waals surface area contributed by atoms with Crippen molar-refractivity contribution in [3.63, 3.8) is 0 Å². The van der Waals surface area contributed by atoms with Crippen molar-refractivity contribution >= 4 is 0 Å². The van der Waals surface area contributed by atoms with Crippen molar-refractivity contribution in [2.75, 3.05) is 40.3 Å². The van der Waals surface area contributed by atoms with Crippen molar-refractivity contribution < 1.29 is 5.11 Å². The highest BCUT2D eigenvalue weighted by molar-refractivity contribution is 5.32. The van der Waals surface area contributed by atoms with Gasteiger partial charge < -0.3 is 10.0 Å². The molecule has 0 radical (unpaired) electrons. The maximum absolute atomic E-state index is 10.8. The van der Waals surface area contributed by atoms with Gasteiger partial charge in [0.1, 0.15) is 0 Å². The lowest BCUT2D eigenvalue weighted by atomic mass is 9.91. The van der Waals surface area contributed by atoms with Crippen LogP contribution >= 0.6 is 0 Å². The minimum absolute atomic E-state index is 0.342. The molecule has 3 rings (SSSR count). The molecule has 2 aromatic rings. The third-order valence-corrected chi connectivity index (χ3v) is 4.87. The zero-order valence-corrected chi connectivity index (χ0v) is 14.7. The van der Waals surface area contributed by atoms with Crippen LogP contribution in [0.2, 0.25) is 0 Å². The second-order valence-electron chi connectivity index (χ2n) is 7.32. The average Bonchev–Trinajstić information content (AvgIpc) is 2.94. The summed E-state index contributed by atoms with van der Waals surface area (Å²) in [4.78, 5) is 4.49. The van der Waals surface area contributed by atoms with Gasteiger partial charge in [-0.25, -0.2) is 0 Å². The topological polar surface area (TPSA) is 26.7 Å². The van der Waals surface area contributed by atoms with Crippen LogP contribution in [-0.4, -0.2) is 60.8 Å². The number of hydrogen-bond acceptors (Lipinski definition) is 3. The molecule has 2 aromatic carbocycles. The van der Waals surface area contributed by atoms with E-state index in [2.05, 4.69) is 70.5 Å². The van der Waals surface area contributed by atoms with Crippen LogP contribution in [-0.2, 0) is 0 Å². The summed E-state index contributed by atoms with van der Waals surface area (Å²) in [5, 5.41) is 10.8. The summed E-state index contributed by atoms with van der Waals surface area (Å²) in [5.41, 5.74) is 2.10. The number of hydrogen-bond donors (Lipinski definition) is 1. The van der Waals surface area contributed by atoms with Crippen LogP contribution in [0.15, 0.2) is 60.7 Å². The van der Waals surface area contributed by atoms with Crippen LogP contribution in [0.3, 0.4) is 0 Å². The second-order valence-corrected chi connectivity index (χ2v) is 7.32. The van der Waals surface area contributed by atoms with Gasteiger partial charge >= 0.3 is 0 Å². The van der Waals surface area contributed by atoms with E-state index in [4.69, 9.17) is 0 Å². The molecule has 0 saturated carbocycles. The second kappa shape index (κ2) is 7.47. The smallest absolute Gasteiger partial charge is 0.0912 e. The van der Waals surface area contributed by atoms with E-state index < -0.39 is 5.60 Å². The highest BCUT2D eigenvalue weighted by Crippen LogP contribution is 2.29. The third-order valence-electron chi connectivity index (χ3n) is 4.87. The van der Waals surface area contributed by atoms with Crippen molar-refractivity contribution in [3.05, 3.63) is 71.8 Å². The van der Waals surface area contributed by atoms with Gasteiger partial charge in [0, 0.05) is 32.1 Å². The van der Waals surface area contributed by atoms with E-state index in [1.165, 1.54) is 11.1 Å². The van der Waals surface area contributed by atoms with Crippen LogP contribution in [0, 0.1) is 0 Å². The summed E-state index contributed by atoms with van der Waals surface area (Å²) in [6.45, 7) is 3.39. The molecule has 24 heavy (non-hydrogen) atoms. The molecule has 128 valence electrons. The van der Waals surface area contributed by atoms with Gasteiger partial charge in [-0.15, -0.1) is 0 Å². The Balaban J connectivity index is 1.76. The van der Waals surface area contributed by atoms with Crippen molar-refractivity contribution in [2.24, 2.45) is 0 Å². The molecule has 0 unspecified atom stereocenters. The van der Waals surface area contributed by atoms with E-state index in [0.717, 1.165) is 32.6 Å². The van der Waals surface area contributed by atoms with E-state index in [-0.39, 0.29) is 0 Å². The summed E-state index contributed by atoms with van der Waals surface area (Å²) in [5.74, 6) is 0.342. The number of benzene rings is 2. The monoisotopic (exact) mass is 324 g/mol. The van der Waals surface area contributed by atoms with Gasteiger partial charge in [0.15, 0.2) is 0 Å². The lowest BCUT2D eigenvalue weighted by Crippen LogP contribution is -2.43. The summed E-state index contributed by atoms with van der Waals surface area (Å²) in [7, 11) is 4.05. The molecule has 0 bridgehead atoms. The number of likely N-dealkylation sites (N-methyl/N-ethyl adjacent to an activating group) is 1. The first-order chi connectivity index (χ1) is 11.6. The highest BCUT2D eigenvalue weighted by atomic mass is 16.3. The molecule has 3 nitrogen and oxygen atoms in total. The molecule has 0 amide bonds. The minimum atomic E-state index is -0.582. The van der Waals surface area contributed by atoms with Gasteiger partial charge in [-0.05, 0) is 31.6 Å². The van der Waals surface area contributed by atoms with Gasteiger partial charge in [-0.2, -0.15) is 0 Å². The number of aliphatic hydroxyl groups is 1. The molecule has 1 N–H and O–H groups in total. The fourth-order valence-electron chi connectivity index (χ4n) is 3.85. The third kappa shape index (κ3) is 4.23. The number of rotatable bonds is 6. The van der Waals surface area contributed by atoms with Crippen LogP contribution < -0.4 is 0 Å². The Labute approximate surface area is 145 Å². The Morgan fingerprint density at radius 3 is 2.04 bits per heavy atom. The zero-order chi connectivity index (χ0) is 17.0. The fraction of sp³-hybridized carbons (Fsp3) is 0.429. The summed E-state index contributed by atoms with van der Waals surface area (Å²) in [6.07, 6.45) is 0.849. The Kier molecular flexibility index (Phi) is 5.34. The largest absolute Gasteiger partial charge is 0.387 e. The fourth-order valence-corrected chi connectivity index (χ4v) is 3.85. The number of likely N-dealkylation sites (tertiary alicyclic amines) is 1. The van der Waals surface area contributed by atoms with Crippen molar-refractivity contribution in [3.8, 4) is 0 Å². The molecule has 3 heteroatoms. The summed E-state index contributed by atoms with van der Waals surface area (Å²) in [6, 6.07) is 21.4. The first-order valence-electron chi connectivity index (χ1n) is 8.75. The number of β-amino-alcohol motifs (C(OH)–C–C–N with tert-alkyl or cyclic N) is 1. The SMILES string of the molecule is CN(C)C[C@]1(O)CCN(CC(c2ccccc2)c2ccccc2)C1. The van der Waals surface area contributed by atoms with Gasteiger partial charge in [0.25, 0.3) is 0 Å². The van der Waals surface area contributed by atoms with Crippen LogP contribution in [0.25, 0.3) is 0 Å². The average molecular weight is 324 g/mol. The zero-order valence-electron chi connectivity index (χ0n) is 14.7. The molecule has 1 aliphatic heterocycles. The molecule has 1 saturated heterocycles. The Hall–Kier alpha value is -1.68. The summed E-state index contributed by atoms with van der Waals surface area (Å²) < 4.78 is 0. The van der Waals surface area contributed by atoms with Crippen molar-refractivity contribution in [1.29, 1.82) is 0 Å². The van der Waals surface area contributed by atoms with E-state index >= 15 is 0 Å². The lowest BCUT2D eigenvalue weighted by molar-refractivity contribution is 0.0245. The normalized spacial score (nSPS) is 21.7. The Morgan fingerprint density at radius 1 is 1.00 bits per heavy atom. The number of nitrogens with zero attached hydrogens (tertiary/aromatic N) is 2. The maximum atomic E-state index is 10.8. The molecule has 0 aromatic heterocycles. The van der Waals surface area contributed by atoms with Gasteiger partial charge in [0.05, 0.1) is 5.60 Å². The van der Waals surface area contributed by atoms with Crippen LogP contribution in [0.4, 0.5) is 0 Å². The molecule has 1 fully saturated rings. The first kappa shape index (κ1) is 17.2. The maximum Gasteiger partial charge on any atom is 0.0912 e. The van der Waals surface area contributed by atoms with E-state index in [1.54, 1.807) is 0 Å².